The first kappa shape index (κ1) is 21.2. The summed E-state index contributed by atoms with van der Waals surface area (Å²) in [7, 11) is -3.68. The quantitative estimate of drug-likeness (QED) is 0.628. The van der Waals surface area contributed by atoms with Gasteiger partial charge in [0.05, 0.1) is 27.2 Å². The van der Waals surface area contributed by atoms with Crippen LogP contribution in [-0.4, -0.2) is 31.9 Å². The Morgan fingerprint density at radius 1 is 1.14 bits per heavy atom. The monoisotopic (exact) mass is 437 g/mol. The first-order valence-electron chi connectivity index (χ1n) is 9.25. The summed E-state index contributed by atoms with van der Waals surface area (Å²) in [5.74, 6) is -0.344. The maximum atomic E-state index is 13.5. The minimum atomic E-state index is -3.68. The summed E-state index contributed by atoms with van der Waals surface area (Å²) < 4.78 is 32.6. The Morgan fingerprint density at radius 3 is 2.25 bits per heavy atom. The molecule has 1 aliphatic carbocycles. The first-order valence-corrected chi connectivity index (χ1v) is 11.6. The maximum absolute atomic E-state index is 13.5. The molecule has 0 radical (unpaired) electrons. The van der Waals surface area contributed by atoms with Crippen LogP contribution in [0.1, 0.15) is 30.9 Å². The van der Waals surface area contributed by atoms with Crippen LogP contribution in [0.15, 0.2) is 53.4 Å². The van der Waals surface area contributed by atoms with Crippen molar-refractivity contribution in [3.63, 3.8) is 0 Å². The summed E-state index contributed by atoms with van der Waals surface area (Å²) in [6.45, 7) is 4.58. The number of rotatable bonds is 8. The van der Waals surface area contributed by atoms with Gasteiger partial charge in [-0.3, -0.25) is 0 Å². The second-order valence-corrected chi connectivity index (χ2v) is 9.98. The highest BCUT2D eigenvalue weighted by atomic mass is 35.5. The normalized spacial score (nSPS) is 24.1. The average molecular weight is 438 g/mol. The minimum absolute atomic E-state index is 0.174. The summed E-state index contributed by atoms with van der Waals surface area (Å²) in [5, 5.41) is -0.283. The molecule has 0 spiro atoms. The molecule has 7 heteroatoms. The standard InChI is InChI=1S/C21H24ClNO3S2/c1-3-14-5-7-15(8-6-14)18-19(21(18,20(23)27)13-26-4-2)28(24,25)17-11-9-16(22)10-12-17/h5-12,18-19H,3-4,13H2,1-2H3,(H2,23,27)/t18-,19-,21+/m1/s1. The minimum Gasteiger partial charge on any atom is -0.393 e. The van der Waals surface area contributed by atoms with Crippen molar-refractivity contribution in [2.45, 2.75) is 36.3 Å². The van der Waals surface area contributed by atoms with Gasteiger partial charge in [-0.1, -0.05) is 55.0 Å². The zero-order valence-corrected chi connectivity index (χ0v) is 18.3. The van der Waals surface area contributed by atoms with Gasteiger partial charge in [0.2, 0.25) is 0 Å². The lowest BCUT2D eigenvalue weighted by atomic mass is 9.98. The third-order valence-electron chi connectivity index (χ3n) is 5.48. The number of thiocarbonyl (C=S) groups is 1. The van der Waals surface area contributed by atoms with Gasteiger partial charge < -0.3 is 10.5 Å². The van der Waals surface area contributed by atoms with Gasteiger partial charge in [0, 0.05) is 17.5 Å². The van der Waals surface area contributed by atoms with Crippen LogP contribution in [0.3, 0.4) is 0 Å². The van der Waals surface area contributed by atoms with E-state index in [-0.39, 0.29) is 22.4 Å². The second kappa shape index (κ2) is 8.11. The molecule has 0 amide bonds. The Labute approximate surface area is 177 Å². The molecule has 2 N–H and O–H groups in total. The predicted octanol–water partition coefficient (Wildman–Crippen LogP) is 4.15. The van der Waals surface area contributed by atoms with Crippen LogP contribution in [0.4, 0.5) is 0 Å². The lowest BCUT2D eigenvalue weighted by molar-refractivity contribution is 0.121. The molecule has 28 heavy (non-hydrogen) atoms. The van der Waals surface area contributed by atoms with Crippen molar-refractivity contribution >= 4 is 38.6 Å². The summed E-state index contributed by atoms with van der Waals surface area (Å²) in [4.78, 5) is 0.389. The van der Waals surface area contributed by atoms with Gasteiger partial charge in [-0.25, -0.2) is 8.42 Å². The molecule has 0 aliphatic heterocycles. The van der Waals surface area contributed by atoms with E-state index in [0.717, 1.165) is 12.0 Å². The van der Waals surface area contributed by atoms with E-state index in [9.17, 15) is 8.42 Å². The summed E-state index contributed by atoms with van der Waals surface area (Å²) in [5.41, 5.74) is 7.29. The SMILES string of the molecule is CCOC[C@]1(C(N)=S)[C@H](c2ccc(CC)cc2)[C@H]1S(=O)(=O)c1ccc(Cl)cc1. The van der Waals surface area contributed by atoms with E-state index in [0.29, 0.717) is 11.6 Å². The molecule has 0 heterocycles. The highest BCUT2D eigenvalue weighted by molar-refractivity contribution is 7.92. The molecule has 0 bridgehead atoms. The number of halogens is 1. The topological polar surface area (TPSA) is 69.4 Å². The average Bonchev–Trinajstić information content (AvgIpc) is 3.38. The number of hydrogen-bond donors (Lipinski definition) is 1. The molecular formula is C21H24ClNO3S2. The second-order valence-electron chi connectivity index (χ2n) is 7.03. The Hall–Kier alpha value is -1.47. The van der Waals surface area contributed by atoms with Crippen molar-refractivity contribution in [3.8, 4) is 0 Å². The first-order chi connectivity index (χ1) is 13.3. The molecule has 0 saturated heterocycles. The Bertz CT molecular complexity index is 958. The number of hydrogen-bond acceptors (Lipinski definition) is 4. The molecule has 2 aromatic carbocycles. The van der Waals surface area contributed by atoms with Crippen molar-refractivity contribution in [2.24, 2.45) is 11.1 Å². The fourth-order valence-electron chi connectivity index (χ4n) is 3.87. The zero-order chi connectivity index (χ0) is 20.5. The third-order valence-corrected chi connectivity index (χ3v) is 8.41. The summed E-state index contributed by atoms with van der Waals surface area (Å²) in [6, 6.07) is 14.2. The molecule has 3 rings (SSSR count). The summed E-state index contributed by atoms with van der Waals surface area (Å²) in [6.07, 6.45) is 0.914. The van der Waals surface area contributed by atoms with Crippen molar-refractivity contribution in [1.82, 2.24) is 0 Å². The maximum Gasteiger partial charge on any atom is 0.182 e. The number of aryl methyl sites for hydroxylation is 1. The van der Waals surface area contributed by atoms with Crippen molar-refractivity contribution in [2.75, 3.05) is 13.2 Å². The highest BCUT2D eigenvalue weighted by Crippen LogP contribution is 2.64. The van der Waals surface area contributed by atoms with Crippen LogP contribution in [0.5, 0.6) is 0 Å². The number of benzene rings is 2. The van der Waals surface area contributed by atoms with Gasteiger partial charge in [-0.15, -0.1) is 0 Å². The van der Waals surface area contributed by atoms with Crippen LogP contribution in [0, 0.1) is 5.41 Å². The van der Waals surface area contributed by atoms with Gasteiger partial charge in [0.1, 0.15) is 0 Å². The van der Waals surface area contributed by atoms with E-state index in [4.69, 9.17) is 34.3 Å². The molecule has 2 aromatic rings. The zero-order valence-electron chi connectivity index (χ0n) is 15.9. The predicted molar refractivity (Wildman–Crippen MR) is 117 cm³/mol. The molecule has 1 fully saturated rings. The lowest BCUT2D eigenvalue weighted by Crippen LogP contribution is -2.33. The van der Waals surface area contributed by atoms with Gasteiger partial charge in [0.15, 0.2) is 9.84 Å². The van der Waals surface area contributed by atoms with E-state index >= 15 is 0 Å². The molecule has 0 unspecified atom stereocenters. The van der Waals surface area contributed by atoms with Gasteiger partial charge in [0.25, 0.3) is 0 Å². The Balaban J connectivity index is 2.08. The van der Waals surface area contributed by atoms with E-state index in [1.54, 1.807) is 12.1 Å². The molecule has 150 valence electrons. The molecule has 0 aromatic heterocycles. The Morgan fingerprint density at radius 2 is 1.75 bits per heavy atom. The van der Waals surface area contributed by atoms with Crippen LogP contribution in [0.25, 0.3) is 0 Å². The van der Waals surface area contributed by atoms with Crippen molar-refractivity contribution in [1.29, 1.82) is 0 Å². The van der Waals surface area contributed by atoms with Crippen LogP contribution >= 0.6 is 23.8 Å². The van der Waals surface area contributed by atoms with E-state index < -0.39 is 20.5 Å². The smallest absolute Gasteiger partial charge is 0.182 e. The molecule has 1 saturated carbocycles. The summed E-state index contributed by atoms with van der Waals surface area (Å²) >= 11 is 11.3. The largest absolute Gasteiger partial charge is 0.393 e. The molecular weight excluding hydrogens is 414 g/mol. The van der Waals surface area contributed by atoms with Gasteiger partial charge >= 0.3 is 0 Å². The van der Waals surface area contributed by atoms with Crippen molar-refractivity contribution in [3.05, 3.63) is 64.7 Å². The number of nitrogens with two attached hydrogens (primary N) is 1. The number of ether oxygens (including phenoxy) is 1. The molecule has 3 atom stereocenters. The van der Waals surface area contributed by atoms with Gasteiger partial charge in [-0.2, -0.15) is 0 Å². The fraction of sp³-hybridized carbons (Fsp3) is 0.381. The van der Waals surface area contributed by atoms with E-state index in [2.05, 4.69) is 6.92 Å². The highest BCUT2D eigenvalue weighted by Gasteiger charge is 2.73. The van der Waals surface area contributed by atoms with E-state index in [1.165, 1.54) is 17.7 Å². The number of sulfone groups is 1. The Kier molecular flexibility index (Phi) is 6.15. The van der Waals surface area contributed by atoms with E-state index in [1.807, 2.05) is 31.2 Å². The molecule has 1 aliphatic rings. The van der Waals surface area contributed by atoms with Crippen LogP contribution in [0.2, 0.25) is 5.02 Å². The lowest BCUT2D eigenvalue weighted by Gasteiger charge is -2.17. The van der Waals surface area contributed by atoms with Crippen LogP contribution < -0.4 is 5.73 Å². The fourth-order valence-corrected chi connectivity index (χ4v) is 6.77. The third kappa shape index (κ3) is 3.59. The molecule has 4 nitrogen and oxygen atoms in total. The van der Waals surface area contributed by atoms with Gasteiger partial charge in [-0.05, 0) is 48.7 Å². The van der Waals surface area contributed by atoms with Crippen LogP contribution in [-0.2, 0) is 21.0 Å². The van der Waals surface area contributed by atoms with Crippen molar-refractivity contribution < 1.29 is 13.2 Å².